The Labute approximate surface area is 219 Å². The zero-order valence-corrected chi connectivity index (χ0v) is 21.7. The van der Waals surface area contributed by atoms with E-state index in [1.54, 1.807) is 6.08 Å². The molecule has 2 aromatic carbocycles. The molecular weight excluding hydrogens is 460 g/mol. The summed E-state index contributed by atoms with van der Waals surface area (Å²) in [6.45, 7) is 4.34. The minimum atomic E-state index is -0.346. The van der Waals surface area contributed by atoms with E-state index >= 15 is 0 Å². The van der Waals surface area contributed by atoms with Crippen molar-refractivity contribution in [3.63, 3.8) is 0 Å². The highest BCUT2D eigenvalue weighted by atomic mass is 16.2. The van der Waals surface area contributed by atoms with Crippen LogP contribution in [0.1, 0.15) is 63.1 Å². The molecule has 2 amide bonds. The predicted molar refractivity (Wildman–Crippen MR) is 142 cm³/mol. The van der Waals surface area contributed by atoms with Gasteiger partial charge in [0.25, 0.3) is 0 Å². The largest absolute Gasteiger partial charge is 0.349 e. The highest BCUT2D eigenvalue weighted by molar-refractivity contribution is 5.91. The molecule has 0 unspecified atom stereocenters. The van der Waals surface area contributed by atoms with E-state index in [-0.39, 0.29) is 58.3 Å². The van der Waals surface area contributed by atoms with Gasteiger partial charge < -0.3 is 10.6 Å². The maximum atomic E-state index is 14.0. The number of fused-ring (bicyclic) bond motifs is 5. The van der Waals surface area contributed by atoms with Crippen molar-refractivity contribution in [2.75, 3.05) is 0 Å². The number of carbonyl (C=O) groups excluding carboxylic acids is 3. The molecule has 0 radical (unpaired) electrons. The Morgan fingerprint density at radius 2 is 1.57 bits per heavy atom. The Hall–Kier alpha value is -3.21. The molecule has 0 spiro atoms. The molecule has 3 aliphatic carbocycles. The maximum Gasteiger partial charge on any atom is 0.243 e. The van der Waals surface area contributed by atoms with Gasteiger partial charge >= 0.3 is 0 Å². The molecule has 5 heteroatoms. The molecule has 2 N–H and O–H groups in total. The van der Waals surface area contributed by atoms with E-state index in [0.717, 1.165) is 36.8 Å². The van der Waals surface area contributed by atoms with Gasteiger partial charge in [0.1, 0.15) is 5.78 Å². The monoisotopic (exact) mass is 496 g/mol. The molecule has 3 fully saturated rings. The second-order valence-corrected chi connectivity index (χ2v) is 12.1. The molecule has 6 rings (SSSR count). The molecule has 3 saturated carbocycles. The number of benzene rings is 2. The van der Waals surface area contributed by atoms with Gasteiger partial charge in [0.15, 0.2) is 0 Å². The van der Waals surface area contributed by atoms with E-state index in [2.05, 4.69) is 48.7 Å². The quantitative estimate of drug-likeness (QED) is 0.627. The first-order valence-electron chi connectivity index (χ1n) is 13.7. The number of nitrogens with one attached hydrogen (secondary N) is 2. The minimum absolute atomic E-state index is 0.0116. The van der Waals surface area contributed by atoms with Crippen LogP contribution < -0.4 is 10.6 Å². The van der Waals surface area contributed by atoms with Crippen LogP contribution >= 0.6 is 0 Å². The number of Topliss-reactive ketones (excluding diaryl/α,β-unsaturated/α-hetero) is 1. The lowest BCUT2D eigenvalue weighted by Gasteiger charge is -2.57. The predicted octanol–water partition coefficient (Wildman–Crippen LogP) is 4.98. The van der Waals surface area contributed by atoms with Crippen LogP contribution in [0.2, 0.25) is 0 Å². The van der Waals surface area contributed by atoms with Crippen molar-refractivity contribution in [1.29, 1.82) is 0 Å². The van der Waals surface area contributed by atoms with Gasteiger partial charge in [-0.15, -0.1) is 0 Å². The zero-order valence-electron chi connectivity index (χ0n) is 21.7. The van der Waals surface area contributed by atoms with Gasteiger partial charge in [-0.3, -0.25) is 14.4 Å². The highest BCUT2D eigenvalue weighted by Gasteiger charge is 2.63. The summed E-state index contributed by atoms with van der Waals surface area (Å²) in [6.07, 6.45) is 7.64. The summed E-state index contributed by atoms with van der Waals surface area (Å²) >= 11 is 0. The van der Waals surface area contributed by atoms with Gasteiger partial charge in [0.05, 0.1) is 6.04 Å². The molecule has 7 atom stereocenters. The first-order valence-corrected chi connectivity index (χ1v) is 13.7. The van der Waals surface area contributed by atoms with Gasteiger partial charge in [-0.2, -0.15) is 0 Å². The van der Waals surface area contributed by atoms with Crippen molar-refractivity contribution < 1.29 is 14.4 Å². The Morgan fingerprint density at radius 1 is 0.919 bits per heavy atom. The molecule has 192 valence electrons. The molecular formula is C32H36N2O3. The van der Waals surface area contributed by atoms with E-state index in [1.165, 1.54) is 0 Å². The summed E-state index contributed by atoms with van der Waals surface area (Å²) in [7, 11) is 0. The third-order valence-corrected chi connectivity index (χ3v) is 10.2. The molecule has 2 aromatic rings. The Balaban J connectivity index is 1.28. The maximum absolute atomic E-state index is 14.0. The van der Waals surface area contributed by atoms with Crippen molar-refractivity contribution in [3.8, 4) is 0 Å². The first-order chi connectivity index (χ1) is 17.8. The van der Waals surface area contributed by atoms with Crippen LogP contribution in [0.25, 0.3) is 0 Å². The standard InChI is InChI=1S/C32H36N2O3/c1-31-18-17-27(36)33-26(31)16-13-22-23-14-15-24(32(23,2)19-25(35)28(22)31)30(37)34-29(20-9-5-3-6-10-20)21-11-7-4-8-12-21/h3-12,17-18,22-24,26,28-29H,13-16,19H2,1-2H3,(H,33,36)(H,34,37)/t22-,23-,24+,26+,28+,31-,32-/m0/s1. The van der Waals surface area contributed by atoms with Crippen LogP contribution in [0.3, 0.4) is 0 Å². The molecule has 0 saturated heterocycles. The average Bonchev–Trinajstić information content (AvgIpc) is 3.25. The van der Waals surface area contributed by atoms with Crippen LogP contribution in [0.15, 0.2) is 72.8 Å². The average molecular weight is 497 g/mol. The molecule has 4 aliphatic rings. The van der Waals surface area contributed by atoms with Crippen LogP contribution in [-0.2, 0) is 14.4 Å². The van der Waals surface area contributed by atoms with Crippen LogP contribution in [-0.4, -0.2) is 23.6 Å². The van der Waals surface area contributed by atoms with E-state index in [0.29, 0.717) is 12.3 Å². The fourth-order valence-electron chi connectivity index (χ4n) is 8.49. The van der Waals surface area contributed by atoms with Crippen LogP contribution in [0.4, 0.5) is 0 Å². The molecule has 37 heavy (non-hydrogen) atoms. The lowest BCUT2D eigenvalue weighted by Crippen LogP contribution is -2.62. The van der Waals surface area contributed by atoms with Crippen molar-refractivity contribution in [2.24, 2.45) is 34.5 Å². The second-order valence-electron chi connectivity index (χ2n) is 12.1. The van der Waals surface area contributed by atoms with E-state index in [9.17, 15) is 14.4 Å². The summed E-state index contributed by atoms with van der Waals surface area (Å²) in [4.78, 5) is 39.9. The molecule has 1 aliphatic heterocycles. The van der Waals surface area contributed by atoms with Crippen LogP contribution in [0.5, 0.6) is 0 Å². The van der Waals surface area contributed by atoms with Gasteiger partial charge in [-0.1, -0.05) is 80.6 Å². The minimum Gasteiger partial charge on any atom is -0.349 e. The van der Waals surface area contributed by atoms with E-state index in [4.69, 9.17) is 0 Å². The third-order valence-electron chi connectivity index (χ3n) is 10.2. The van der Waals surface area contributed by atoms with Crippen molar-refractivity contribution in [1.82, 2.24) is 10.6 Å². The number of hydrogen-bond donors (Lipinski definition) is 2. The molecule has 5 nitrogen and oxygen atoms in total. The van der Waals surface area contributed by atoms with Gasteiger partial charge in [0.2, 0.25) is 11.8 Å². The first kappa shape index (κ1) is 24.1. The van der Waals surface area contributed by atoms with Crippen molar-refractivity contribution in [2.45, 2.75) is 58.0 Å². The van der Waals surface area contributed by atoms with Gasteiger partial charge in [-0.05, 0) is 60.1 Å². The Bertz CT molecular complexity index is 1200. The topological polar surface area (TPSA) is 75.3 Å². The van der Waals surface area contributed by atoms with E-state index in [1.807, 2.05) is 42.5 Å². The lowest BCUT2D eigenvalue weighted by atomic mass is 9.47. The van der Waals surface area contributed by atoms with Gasteiger partial charge in [0, 0.05) is 29.7 Å². The smallest absolute Gasteiger partial charge is 0.243 e. The van der Waals surface area contributed by atoms with Crippen molar-refractivity contribution >= 4 is 17.6 Å². The lowest BCUT2D eigenvalue weighted by molar-refractivity contribution is -0.151. The third kappa shape index (κ3) is 3.86. The van der Waals surface area contributed by atoms with Gasteiger partial charge in [-0.25, -0.2) is 0 Å². The van der Waals surface area contributed by atoms with Crippen molar-refractivity contribution in [3.05, 3.63) is 83.9 Å². The summed E-state index contributed by atoms with van der Waals surface area (Å²) in [5, 5.41) is 6.50. The number of carbonyl (C=O) groups is 3. The summed E-state index contributed by atoms with van der Waals surface area (Å²) in [5.41, 5.74) is 1.42. The fraction of sp³-hybridized carbons (Fsp3) is 0.469. The number of amides is 2. The number of ketones is 1. The number of rotatable bonds is 4. The molecule has 0 bridgehead atoms. The normalized spacial score (nSPS) is 36.4. The second kappa shape index (κ2) is 8.97. The molecule has 1 heterocycles. The Kier molecular flexibility index (Phi) is 5.85. The Morgan fingerprint density at radius 3 is 2.22 bits per heavy atom. The molecule has 0 aromatic heterocycles. The summed E-state index contributed by atoms with van der Waals surface area (Å²) in [5.74, 6) is 0.565. The van der Waals surface area contributed by atoms with Crippen LogP contribution in [0, 0.1) is 34.5 Å². The summed E-state index contributed by atoms with van der Waals surface area (Å²) in [6, 6.07) is 20.0. The number of hydrogen-bond acceptors (Lipinski definition) is 3. The highest BCUT2D eigenvalue weighted by Crippen LogP contribution is 2.64. The zero-order chi connectivity index (χ0) is 25.8. The fourth-order valence-corrected chi connectivity index (χ4v) is 8.49. The summed E-state index contributed by atoms with van der Waals surface area (Å²) < 4.78 is 0. The van der Waals surface area contributed by atoms with E-state index < -0.39 is 0 Å². The SMILES string of the molecule is C[C@]12C=CC(=O)N[C@@H]1CC[C@@H]1[C@@H]2C(=O)C[C@]2(C)[C@@H](C(=O)NC(c3ccccc3)c3ccccc3)CC[C@@H]12.